The van der Waals surface area contributed by atoms with E-state index in [-0.39, 0.29) is 6.10 Å². The maximum atomic E-state index is 5.77. The van der Waals surface area contributed by atoms with Gasteiger partial charge in [0.15, 0.2) is 0 Å². The van der Waals surface area contributed by atoms with E-state index in [1.165, 1.54) is 0 Å². The van der Waals surface area contributed by atoms with E-state index in [1.54, 1.807) is 18.9 Å². The molecule has 0 aliphatic heterocycles. The Morgan fingerprint density at radius 1 is 1.44 bits per heavy atom. The molecule has 2 N–H and O–H groups in total. The van der Waals surface area contributed by atoms with Crippen LogP contribution in [0.4, 0.5) is 5.69 Å². The van der Waals surface area contributed by atoms with Crippen molar-refractivity contribution < 1.29 is 9.47 Å². The van der Waals surface area contributed by atoms with Gasteiger partial charge < -0.3 is 15.2 Å². The summed E-state index contributed by atoms with van der Waals surface area (Å²) in [6.45, 7) is 4.61. The highest BCUT2D eigenvalue weighted by molar-refractivity contribution is 7.99. The molecule has 0 unspecified atom stereocenters. The van der Waals surface area contributed by atoms with Gasteiger partial charge in [-0.1, -0.05) is 0 Å². The van der Waals surface area contributed by atoms with Gasteiger partial charge in [-0.05, 0) is 26.0 Å². The Morgan fingerprint density at radius 3 is 2.81 bits per heavy atom. The second-order valence-electron chi connectivity index (χ2n) is 3.55. The highest BCUT2D eigenvalue weighted by atomic mass is 32.2. The molecule has 0 atom stereocenters. The molecule has 1 heterocycles. The third-order valence-corrected chi connectivity index (χ3v) is 2.64. The fourth-order valence-corrected chi connectivity index (χ4v) is 1.83. The third-order valence-electron chi connectivity index (χ3n) is 1.75. The van der Waals surface area contributed by atoms with Crippen LogP contribution in [0.2, 0.25) is 0 Å². The van der Waals surface area contributed by atoms with Crippen LogP contribution >= 0.6 is 11.8 Å². The number of aromatic nitrogens is 1. The molecule has 5 heteroatoms. The maximum Gasteiger partial charge on any atom is 0.238 e. The SMILES string of the molecule is COCCSc1ccc(N)c(OC(C)C)n1. The van der Waals surface area contributed by atoms with Gasteiger partial charge in [-0.25, -0.2) is 4.98 Å². The van der Waals surface area contributed by atoms with Crippen LogP contribution in [0.15, 0.2) is 17.2 Å². The molecule has 4 nitrogen and oxygen atoms in total. The van der Waals surface area contributed by atoms with E-state index in [9.17, 15) is 0 Å². The number of pyridine rings is 1. The molecule has 90 valence electrons. The summed E-state index contributed by atoms with van der Waals surface area (Å²) < 4.78 is 10.5. The average molecular weight is 242 g/mol. The lowest BCUT2D eigenvalue weighted by Gasteiger charge is -2.11. The van der Waals surface area contributed by atoms with Gasteiger partial charge in [-0.3, -0.25) is 0 Å². The zero-order valence-corrected chi connectivity index (χ0v) is 10.7. The number of nitrogen functional groups attached to an aromatic ring is 1. The third kappa shape index (κ3) is 4.28. The van der Waals surface area contributed by atoms with Crippen LogP contribution in [0.5, 0.6) is 5.88 Å². The van der Waals surface area contributed by atoms with Crippen molar-refractivity contribution in [3.63, 3.8) is 0 Å². The van der Waals surface area contributed by atoms with Gasteiger partial charge in [0.1, 0.15) is 5.03 Å². The first-order chi connectivity index (χ1) is 7.63. The minimum atomic E-state index is 0.0778. The number of rotatable bonds is 6. The summed E-state index contributed by atoms with van der Waals surface area (Å²) in [6, 6.07) is 3.71. The van der Waals surface area contributed by atoms with Crippen molar-refractivity contribution in [2.24, 2.45) is 0 Å². The van der Waals surface area contributed by atoms with Crippen molar-refractivity contribution in [3.8, 4) is 5.88 Å². The zero-order valence-electron chi connectivity index (χ0n) is 9.90. The summed E-state index contributed by atoms with van der Waals surface area (Å²) in [5, 5.41) is 0.905. The summed E-state index contributed by atoms with van der Waals surface area (Å²) in [6.07, 6.45) is 0.0778. The lowest BCUT2D eigenvalue weighted by Crippen LogP contribution is -2.09. The Kier molecular flexibility index (Phi) is 5.42. The van der Waals surface area contributed by atoms with Crippen molar-refractivity contribution in [1.29, 1.82) is 0 Å². The first-order valence-corrected chi connectivity index (χ1v) is 6.17. The number of methoxy groups -OCH3 is 1. The molecule has 0 bridgehead atoms. The van der Waals surface area contributed by atoms with Crippen LogP contribution in [0.1, 0.15) is 13.8 Å². The minimum absolute atomic E-state index is 0.0778. The molecule has 0 radical (unpaired) electrons. The fraction of sp³-hybridized carbons (Fsp3) is 0.545. The van der Waals surface area contributed by atoms with Gasteiger partial charge in [0.25, 0.3) is 0 Å². The lowest BCUT2D eigenvalue weighted by molar-refractivity contribution is 0.218. The number of hydrogen-bond donors (Lipinski definition) is 1. The molecule has 1 rings (SSSR count). The number of nitrogens with zero attached hydrogens (tertiary/aromatic N) is 1. The molecule has 0 aromatic carbocycles. The Balaban J connectivity index is 2.65. The van der Waals surface area contributed by atoms with Crippen LogP contribution in [-0.2, 0) is 4.74 Å². The van der Waals surface area contributed by atoms with Gasteiger partial charge in [0.2, 0.25) is 5.88 Å². The molecule has 0 saturated carbocycles. The van der Waals surface area contributed by atoms with E-state index in [0.29, 0.717) is 18.2 Å². The van der Waals surface area contributed by atoms with Crippen LogP contribution in [0, 0.1) is 0 Å². The lowest BCUT2D eigenvalue weighted by atomic mass is 10.4. The smallest absolute Gasteiger partial charge is 0.238 e. The minimum Gasteiger partial charge on any atom is -0.473 e. The molecule has 0 aliphatic carbocycles. The molecule has 0 aliphatic rings. The second kappa shape index (κ2) is 6.60. The topological polar surface area (TPSA) is 57.4 Å². The molecule has 0 fully saturated rings. The normalized spacial score (nSPS) is 10.8. The van der Waals surface area contributed by atoms with Crippen LogP contribution < -0.4 is 10.5 Å². The number of hydrogen-bond acceptors (Lipinski definition) is 5. The van der Waals surface area contributed by atoms with Crippen molar-refractivity contribution >= 4 is 17.4 Å². The Labute approximate surface area is 101 Å². The summed E-state index contributed by atoms with van der Waals surface area (Å²) in [7, 11) is 1.68. The van der Waals surface area contributed by atoms with E-state index >= 15 is 0 Å². The molecule has 0 spiro atoms. The van der Waals surface area contributed by atoms with E-state index < -0.39 is 0 Å². The van der Waals surface area contributed by atoms with E-state index in [2.05, 4.69) is 4.98 Å². The standard InChI is InChI=1S/C11H18N2O2S/c1-8(2)15-11-9(12)4-5-10(13-11)16-7-6-14-3/h4-5,8H,6-7,12H2,1-3H3. The van der Waals surface area contributed by atoms with Crippen molar-refractivity contribution in [1.82, 2.24) is 4.98 Å². The number of thioether (sulfide) groups is 1. The molecule has 1 aromatic heterocycles. The second-order valence-corrected chi connectivity index (χ2v) is 4.67. The molecule has 1 aromatic rings. The Bertz CT molecular complexity index is 332. The van der Waals surface area contributed by atoms with Crippen molar-refractivity contribution in [2.75, 3.05) is 25.2 Å². The molecule has 0 saturated heterocycles. The van der Waals surface area contributed by atoms with Gasteiger partial charge in [0, 0.05) is 12.9 Å². The van der Waals surface area contributed by atoms with Crippen molar-refractivity contribution in [3.05, 3.63) is 12.1 Å². The molecular formula is C11H18N2O2S. The summed E-state index contributed by atoms with van der Waals surface area (Å²) in [4.78, 5) is 4.34. The monoisotopic (exact) mass is 242 g/mol. The van der Waals surface area contributed by atoms with Gasteiger partial charge in [-0.15, -0.1) is 11.8 Å². The number of ether oxygens (including phenoxy) is 2. The number of nitrogens with two attached hydrogens (primary N) is 1. The molecule has 0 amide bonds. The van der Waals surface area contributed by atoms with Gasteiger partial charge in [0.05, 0.1) is 18.4 Å². The first-order valence-electron chi connectivity index (χ1n) is 5.18. The first kappa shape index (κ1) is 13.1. The largest absolute Gasteiger partial charge is 0.473 e. The van der Waals surface area contributed by atoms with Gasteiger partial charge in [-0.2, -0.15) is 0 Å². The molecule has 16 heavy (non-hydrogen) atoms. The summed E-state index contributed by atoms with van der Waals surface area (Å²) >= 11 is 1.62. The van der Waals surface area contributed by atoms with Crippen molar-refractivity contribution in [2.45, 2.75) is 25.0 Å². The highest BCUT2D eigenvalue weighted by Crippen LogP contribution is 2.24. The summed E-state index contributed by atoms with van der Waals surface area (Å²) in [5.41, 5.74) is 6.34. The van der Waals surface area contributed by atoms with E-state index in [4.69, 9.17) is 15.2 Å². The quantitative estimate of drug-likeness (QED) is 0.612. The van der Waals surface area contributed by atoms with E-state index in [0.717, 1.165) is 10.8 Å². The Morgan fingerprint density at radius 2 is 2.19 bits per heavy atom. The molecular weight excluding hydrogens is 224 g/mol. The fourth-order valence-electron chi connectivity index (χ4n) is 1.06. The highest BCUT2D eigenvalue weighted by Gasteiger charge is 2.06. The van der Waals surface area contributed by atoms with Crippen LogP contribution in [0.25, 0.3) is 0 Å². The van der Waals surface area contributed by atoms with Crippen LogP contribution in [-0.4, -0.2) is 30.6 Å². The predicted molar refractivity (Wildman–Crippen MR) is 67.0 cm³/mol. The zero-order chi connectivity index (χ0) is 12.0. The Hall–Kier alpha value is -0.940. The average Bonchev–Trinajstić information content (AvgIpc) is 2.22. The van der Waals surface area contributed by atoms with Crippen LogP contribution in [0.3, 0.4) is 0 Å². The predicted octanol–water partition coefficient (Wildman–Crippen LogP) is 2.19. The summed E-state index contributed by atoms with van der Waals surface area (Å²) in [5.74, 6) is 1.38. The van der Waals surface area contributed by atoms with Gasteiger partial charge >= 0.3 is 0 Å². The maximum absolute atomic E-state index is 5.77. The number of anilines is 1. The van der Waals surface area contributed by atoms with E-state index in [1.807, 2.05) is 26.0 Å².